The molecule has 19 heavy (non-hydrogen) atoms. The Morgan fingerprint density at radius 1 is 1.53 bits per heavy atom. The number of carbonyl (C=O) groups excluding carboxylic acids is 1. The largest absolute Gasteiger partial charge is 0.351 e. The van der Waals surface area contributed by atoms with Gasteiger partial charge in [0.2, 0.25) is 0 Å². The Labute approximate surface area is 114 Å². The zero-order valence-corrected chi connectivity index (χ0v) is 11.9. The van der Waals surface area contributed by atoms with Crippen molar-refractivity contribution >= 4 is 5.91 Å². The number of hydrogen-bond acceptors (Lipinski definition) is 3. The molecule has 0 spiro atoms. The van der Waals surface area contributed by atoms with Crippen molar-refractivity contribution in [2.75, 3.05) is 19.6 Å². The molecule has 106 valence electrons. The summed E-state index contributed by atoms with van der Waals surface area (Å²) in [6, 6.07) is 1.87. The minimum absolute atomic E-state index is 0.0105. The molecule has 1 fully saturated rings. The van der Waals surface area contributed by atoms with Crippen molar-refractivity contribution in [2.24, 2.45) is 13.0 Å². The van der Waals surface area contributed by atoms with Crippen LogP contribution in [0.5, 0.6) is 0 Å². The van der Waals surface area contributed by atoms with E-state index in [1.165, 1.54) is 12.8 Å². The van der Waals surface area contributed by atoms with Gasteiger partial charge in [-0.25, -0.2) is 0 Å². The van der Waals surface area contributed by atoms with Crippen molar-refractivity contribution in [3.8, 4) is 0 Å². The molecule has 1 aromatic heterocycles. The quantitative estimate of drug-likeness (QED) is 0.837. The van der Waals surface area contributed by atoms with Gasteiger partial charge in [-0.05, 0) is 50.8 Å². The highest BCUT2D eigenvalue weighted by molar-refractivity contribution is 5.92. The predicted molar refractivity (Wildman–Crippen MR) is 75.1 cm³/mol. The van der Waals surface area contributed by atoms with E-state index < -0.39 is 0 Å². The normalized spacial score (nSPS) is 16.5. The summed E-state index contributed by atoms with van der Waals surface area (Å²) in [6.07, 6.45) is 4.38. The summed E-state index contributed by atoms with van der Waals surface area (Å²) in [5, 5.41) is 10.7. The standard InChI is InChI=1S/C14H24N4O/c1-3-12-10-13(18(2)17-12)14(19)16-9-6-11-4-7-15-8-5-11/h10-11,15H,3-9H2,1-2H3,(H,16,19). The molecule has 1 amide bonds. The van der Waals surface area contributed by atoms with E-state index in [9.17, 15) is 4.79 Å². The van der Waals surface area contributed by atoms with Gasteiger partial charge in [0.25, 0.3) is 5.91 Å². The Bertz CT molecular complexity index is 421. The highest BCUT2D eigenvalue weighted by atomic mass is 16.2. The van der Waals surface area contributed by atoms with E-state index in [1.54, 1.807) is 4.68 Å². The second-order valence-corrected chi connectivity index (χ2v) is 5.24. The smallest absolute Gasteiger partial charge is 0.269 e. The van der Waals surface area contributed by atoms with Crippen LogP contribution in [0.1, 0.15) is 42.4 Å². The molecule has 1 aromatic rings. The zero-order valence-electron chi connectivity index (χ0n) is 11.9. The Hall–Kier alpha value is -1.36. The molecule has 0 atom stereocenters. The number of amides is 1. The van der Waals surface area contributed by atoms with Gasteiger partial charge in [-0.15, -0.1) is 0 Å². The van der Waals surface area contributed by atoms with Gasteiger partial charge in [0.05, 0.1) is 5.69 Å². The van der Waals surface area contributed by atoms with Crippen molar-refractivity contribution in [2.45, 2.75) is 32.6 Å². The number of hydrogen-bond donors (Lipinski definition) is 2. The van der Waals surface area contributed by atoms with Crippen LogP contribution in [0.15, 0.2) is 6.07 Å². The van der Waals surface area contributed by atoms with E-state index in [2.05, 4.69) is 15.7 Å². The number of aromatic nitrogens is 2. The lowest BCUT2D eigenvalue weighted by atomic mass is 9.95. The Morgan fingerprint density at radius 2 is 2.26 bits per heavy atom. The Balaban J connectivity index is 1.78. The summed E-state index contributed by atoms with van der Waals surface area (Å²) >= 11 is 0. The number of carbonyl (C=O) groups is 1. The lowest BCUT2D eigenvalue weighted by molar-refractivity contribution is 0.0941. The summed E-state index contributed by atoms with van der Waals surface area (Å²) in [6.45, 7) is 5.03. The van der Waals surface area contributed by atoms with Crippen molar-refractivity contribution in [3.05, 3.63) is 17.5 Å². The van der Waals surface area contributed by atoms with E-state index in [4.69, 9.17) is 0 Å². The van der Waals surface area contributed by atoms with Crippen LogP contribution in [0.25, 0.3) is 0 Å². The fourth-order valence-corrected chi connectivity index (χ4v) is 2.56. The average molecular weight is 264 g/mol. The molecule has 0 radical (unpaired) electrons. The molecule has 0 bridgehead atoms. The third-order valence-corrected chi connectivity index (χ3v) is 3.82. The van der Waals surface area contributed by atoms with Gasteiger partial charge >= 0.3 is 0 Å². The van der Waals surface area contributed by atoms with Gasteiger partial charge in [-0.3, -0.25) is 9.48 Å². The molecule has 2 N–H and O–H groups in total. The van der Waals surface area contributed by atoms with Crippen LogP contribution in [0.3, 0.4) is 0 Å². The monoisotopic (exact) mass is 264 g/mol. The summed E-state index contributed by atoms with van der Waals surface area (Å²) in [4.78, 5) is 12.1. The molecule has 1 aliphatic heterocycles. The van der Waals surface area contributed by atoms with Crippen molar-refractivity contribution < 1.29 is 4.79 Å². The van der Waals surface area contributed by atoms with Gasteiger partial charge < -0.3 is 10.6 Å². The third-order valence-electron chi connectivity index (χ3n) is 3.82. The fourth-order valence-electron chi connectivity index (χ4n) is 2.56. The maximum Gasteiger partial charge on any atom is 0.269 e. The highest BCUT2D eigenvalue weighted by Gasteiger charge is 2.15. The van der Waals surface area contributed by atoms with E-state index in [0.717, 1.165) is 44.1 Å². The van der Waals surface area contributed by atoms with Crippen LogP contribution >= 0.6 is 0 Å². The first-order chi connectivity index (χ1) is 9.20. The first-order valence-electron chi connectivity index (χ1n) is 7.22. The summed E-state index contributed by atoms with van der Waals surface area (Å²) < 4.78 is 1.67. The third kappa shape index (κ3) is 3.80. The summed E-state index contributed by atoms with van der Waals surface area (Å²) in [5.41, 5.74) is 1.62. The van der Waals surface area contributed by atoms with Gasteiger partial charge in [0.15, 0.2) is 0 Å². The van der Waals surface area contributed by atoms with Gasteiger partial charge in [0.1, 0.15) is 5.69 Å². The van der Waals surface area contributed by atoms with Gasteiger partial charge in [-0.2, -0.15) is 5.10 Å². The van der Waals surface area contributed by atoms with Crippen LogP contribution in [0, 0.1) is 5.92 Å². The van der Waals surface area contributed by atoms with E-state index >= 15 is 0 Å². The van der Waals surface area contributed by atoms with E-state index in [0.29, 0.717) is 5.69 Å². The van der Waals surface area contributed by atoms with Gasteiger partial charge in [-0.1, -0.05) is 6.92 Å². The minimum atomic E-state index is -0.0105. The maximum absolute atomic E-state index is 12.1. The van der Waals surface area contributed by atoms with Crippen LogP contribution in [0.4, 0.5) is 0 Å². The minimum Gasteiger partial charge on any atom is -0.351 e. The molecule has 1 saturated heterocycles. The second-order valence-electron chi connectivity index (χ2n) is 5.24. The molecule has 5 heteroatoms. The predicted octanol–water partition coefficient (Wildman–Crippen LogP) is 1.10. The van der Waals surface area contributed by atoms with Crippen molar-refractivity contribution in [3.63, 3.8) is 0 Å². The molecular formula is C14H24N4O. The Morgan fingerprint density at radius 3 is 2.89 bits per heavy atom. The molecule has 2 heterocycles. The van der Waals surface area contributed by atoms with Crippen LogP contribution in [-0.2, 0) is 13.5 Å². The maximum atomic E-state index is 12.1. The van der Waals surface area contributed by atoms with E-state index in [-0.39, 0.29) is 5.91 Å². The number of rotatable bonds is 5. The molecule has 0 saturated carbocycles. The van der Waals surface area contributed by atoms with E-state index in [1.807, 2.05) is 20.0 Å². The fraction of sp³-hybridized carbons (Fsp3) is 0.714. The molecule has 2 rings (SSSR count). The topological polar surface area (TPSA) is 59.0 Å². The molecular weight excluding hydrogens is 240 g/mol. The molecule has 0 unspecified atom stereocenters. The lowest BCUT2D eigenvalue weighted by Gasteiger charge is -2.22. The average Bonchev–Trinajstić information content (AvgIpc) is 2.81. The van der Waals surface area contributed by atoms with Crippen molar-refractivity contribution in [1.82, 2.24) is 20.4 Å². The first kappa shape index (κ1) is 14.1. The molecule has 1 aliphatic rings. The lowest BCUT2D eigenvalue weighted by Crippen LogP contribution is -2.32. The first-order valence-corrected chi connectivity index (χ1v) is 7.22. The summed E-state index contributed by atoms with van der Waals surface area (Å²) in [5.74, 6) is 0.739. The Kier molecular flexibility index (Phi) is 4.96. The van der Waals surface area contributed by atoms with Crippen LogP contribution in [-0.4, -0.2) is 35.3 Å². The SMILES string of the molecule is CCc1cc(C(=O)NCCC2CCNCC2)n(C)n1. The van der Waals surface area contributed by atoms with Gasteiger partial charge in [0, 0.05) is 13.6 Å². The summed E-state index contributed by atoms with van der Waals surface area (Å²) in [7, 11) is 1.82. The van der Waals surface area contributed by atoms with Crippen molar-refractivity contribution in [1.29, 1.82) is 0 Å². The number of nitrogens with one attached hydrogen (secondary N) is 2. The molecule has 0 aromatic carbocycles. The number of nitrogens with zero attached hydrogens (tertiary/aromatic N) is 2. The number of aryl methyl sites for hydroxylation is 2. The van der Waals surface area contributed by atoms with Crippen LogP contribution < -0.4 is 10.6 Å². The molecule has 0 aliphatic carbocycles. The number of piperidine rings is 1. The zero-order chi connectivity index (χ0) is 13.7. The van der Waals surface area contributed by atoms with Crippen LogP contribution in [0.2, 0.25) is 0 Å². The highest BCUT2D eigenvalue weighted by Crippen LogP contribution is 2.14. The molecule has 5 nitrogen and oxygen atoms in total. The second kappa shape index (κ2) is 6.70.